The highest BCUT2D eigenvalue weighted by atomic mass is 32.2. The zero-order valence-electron chi connectivity index (χ0n) is 53.6. The highest BCUT2D eigenvalue weighted by molar-refractivity contribution is 7.98. The molecule has 0 saturated carbocycles. The van der Waals surface area contributed by atoms with Crippen molar-refractivity contribution in [2.24, 2.45) is 23.3 Å². The predicted molar refractivity (Wildman–Crippen MR) is 353 cm³/mol. The largest absolute Gasteiger partial charge is 0.508 e. The lowest BCUT2D eigenvalue weighted by Gasteiger charge is -2.29. The van der Waals surface area contributed by atoms with Crippen LogP contribution in [0.25, 0.3) is 10.9 Å². The Morgan fingerprint density at radius 2 is 0.875 bits per heavy atom. The van der Waals surface area contributed by atoms with Crippen LogP contribution in [0.2, 0.25) is 0 Å². The van der Waals surface area contributed by atoms with Crippen LogP contribution in [0.4, 0.5) is 0 Å². The first-order valence-electron chi connectivity index (χ1n) is 30.9. The van der Waals surface area contributed by atoms with Gasteiger partial charge in [0.1, 0.15) is 60.1 Å². The highest BCUT2D eigenvalue weighted by Crippen LogP contribution is 2.21. The lowest BCUT2D eigenvalue weighted by atomic mass is 9.96. The number of aromatic nitrogens is 1. The van der Waals surface area contributed by atoms with Crippen molar-refractivity contribution in [3.63, 3.8) is 0 Å². The molecule has 18 N–H and O–H groups in total. The molecular weight excluding hydrogens is 1260 g/mol. The fourth-order valence-electron chi connectivity index (χ4n) is 10.1. The summed E-state index contributed by atoms with van der Waals surface area (Å²) in [5.41, 5.74) is 13.9. The second-order valence-corrected chi connectivity index (χ2v) is 24.4. The molecule has 4 aromatic carbocycles. The molecular formula is C66H84N12O17S. The number of fused-ring (bicyclic) bond motifs is 1. The fraction of sp³-hybridized carbons (Fsp3) is 0.409. The Balaban J connectivity index is 1.51. The summed E-state index contributed by atoms with van der Waals surface area (Å²) in [4.78, 5) is 181. The molecule has 96 heavy (non-hydrogen) atoms. The number of hydrogen-bond donors (Lipinski definition) is 16. The van der Waals surface area contributed by atoms with Gasteiger partial charge in [0.15, 0.2) is 0 Å². The Labute approximate surface area is 557 Å². The number of nitrogens with two attached hydrogens (primary N) is 2. The molecule has 0 unspecified atom stereocenters. The minimum Gasteiger partial charge on any atom is -0.508 e. The van der Waals surface area contributed by atoms with Crippen molar-refractivity contribution in [1.29, 1.82) is 0 Å². The molecule has 0 spiro atoms. The average molecular weight is 1350 g/mol. The van der Waals surface area contributed by atoms with Gasteiger partial charge < -0.3 is 84.7 Å². The summed E-state index contributed by atoms with van der Waals surface area (Å²) < 4.78 is 0. The van der Waals surface area contributed by atoms with Gasteiger partial charge in [-0.25, -0.2) is 4.79 Å². The summed E-state index contributed by atoms with van der Waals surface area (Å²) in [5, 5.41) is 62.5. The van der Waals surface area contributed by atoms with E-state index < -0.39 is 168 Å². The maximum Gasteiger partial charge on any atom is 0.326 e. The Bertz CT molecular complexity index is 3540. The number of carbonyl (C=O) groups is 13. The van der Waals surface area contributed by atoms with Crippen molar-refractivity contribution in [3.05, 3.63) is 138 Å². The van der Waals surface area contributed by atoms with E-state index in [-0.39, 0.29) is 37.9 Å². The number of amides is 10. The van der Waals surface area contributed by atoms with Gasteiger partial charge >= 0.3 is 17.9 Å². The van der Waals surface area contributed by atoms with Gasteiger partial charge in [-0.3, -0.25) is 57.5 Å². The molecule has 30 heteroatoms. The first-order valence-corrected chi connectivity index (χ1v) is 32.3. The van der Waals surface area contributed by atoms with Gasteiger partial charge in [0.05, 0.1) is 25.3 Å². The van der Waals surface area contributed by atoms with Crippen LogP contribution < -0.4 is 59.3 Å². The summed E-state index contributed by atoms with van der Waals surface area (Å²) >= 11 is 1.35. The second-order valence-electron chi connectivity index (χ2n) is 23.4. The number of benzene rings is 4. The molecule has 1 aromatic heterocycles. The molecule has 1 heterocycles. The van der Waals surface area contributed by atoms with Gasteiger partial charge in [-0.15, -0.1) is 0 Å². The molecule has 0 radical (unpaired) electrons. The van der Waals surface area contributed by atoms with Gasteiger partial charge in [0.25, 0.3) is 0 Å². The molecule has 11 atom stereocenters. The maximum absolute atomic E-state index is 15.2. The molecule has 0 aliphatic rings. The Morgan fingerprint density at radius 3 is 1.34 bits per heavy atom. The van der Waals surface area contributed by atoms with E-state index in [0.29, 0.717) is 45.3 Å². The smallest absolute Gasteiger partial charge is 0.326 e. The number of rotatable bonds is 39. The van der Waals surface area contributed by atoms with Crippen molar-refractivity contribution in [2.75, 3.05) is 12.0 Å². The van der Waals surface area contributed by atoms with Crippen molar-refractivity contribution in [1.82, 2.24) is 52.8 Å². The van der Waals surface area contributed by atoms with Gasteiger partial charge in [0.2, 0.25) is 59.1 Å². The second kappa shape index (κ2) is 37.5. The number of hydrogen-bond acceptors (Lipinski definition) is 16. The zero-order valence-corrected chi connectivity index (χ0v) is 54.4. The number of aromatic amines is 1. The van der Waals surface area contributed by atoms with Crippen LogP contribution in [-0.2, 0) is 88.0 Å². The third-order valence-corrected chi connectivity index (χ3v) is 16.3. The maximum atomic E-state index is 15.2. The summed E-state index contributed by atoms with van der Waals surface area (Å²) in [6.45, 7) is 6.38. The number of carbonyl (C=O) groups excluding carboxylic acids is 10. The minimum atomic E-state index is -1.87. The van der Waals surface area contributed by atoms with E-state index in [4.69, 9.17) is 11.5 Å². The number of carboxylic acids is 3. The zero-order chi connectivity index (χ0) is 70.8. The third-order valence-electron chi connectivity index (χ3n) is 15.6. The minimum absolute atomic E-state index is 0.0495. The van der Waals surface area contributed by atoms with E-state index in [9.17, 15) is 78.0 Å². The van der Waals surface area contributed by atoms with Gasteiger partial charge in [0, 0.05) is 42.8 Å². The van der Waals surface area contributed by atoms with E-state index in [2.05, 4.69) is 52.8 Å². The van der Waals surface area contributed by atoms with Gasteiger partial charge in [-0.2, -0.15) is 11.8 Å². The number of H-pyrrole nitrogens is 1. The van der Waals surface area contributed by atoms with Crippen molar-refractivity contribution in [3.8, 4) is 5.75 Å². The standard InChI is InChI=1S/C66H84N12O17S/c1-6-36(4)56(78-58(86)45(25-26-96-5)70-57(85)43(67)31-53(81)82)65(93)76-48(28-38-17-11-8-12-18-38)61(89)74-50(32-52(68)80)63(91)73-49(30-40-34-69-44-20-14-13-19-42(40)44)62(90)72-47(29-39-21-23-41(79)24-22-39)59(87)71-46(27-37-15-9-7-10-16-37)60(88)75-51(33-54(83)84)64(92)77-55(35(2)3)66(94)95/h7-24,34-36,43,45-51,55-56,69,79H,6,25-33,67H2,1-5H3,(H2,68,80)(H,70,85)(H,71,87)(H,72,90)(H,73,91)(H,74,89)(H,75,88)(H,76,93)(H,77,92)(H,78,86)(H,81,82)(H,83,84)(H,94,95)/t36-,43-,45-,46-,47-,48-,49-,50-,51-,55-,56-/m0/s1. The number of primary amides is 1. The fourth-order valence-corrected chi connectivity index (χ4v) is 10.6. The Kier molecular flexibility index (Phi) is 29.8. The van der Waals surface area contributed by atoms with E-state index in [0.717, 1.165) is 0 Å². The molecule has 0 bridgehead atoms. The summed E-state index contributed by atoms with van der Waals surface area (Å²) in [5.74, 6) is -15.6. The highest BCUT2D eigenvalue weighted by Gasteiger charge is 2.38. The van der Waals surface area contributed by atoms with Crippen molar-refractivity contribution >= 4 is 99.6 Å². The van der Waals surface area contributed by atoms with Crippen LogP contribution in [0.3, 0.4) is 0 Å². The van der Waals surface area contributed by atoms with Crippen LogP contribution in [0, 0.1) is 11.8 Å². The van der Waals surface area contributed by atoms with Crippen LogP contribution in [0.15, 0.2) is 115 Å². The molecule has 0 aliphatic heterocycles. The van der Waals surface area contributed by atoms with Crippen LogP contribution in [0.1, 0.15) is 82.1 Å². The normalized spacial score (nSPS) is 14.6. The first kappa shape index (κ1) is 76.4. The van der Waals surface area contributed by atoms with Crippen molar-refractivity contribution < 1.29 is 82.8 Å². The lowest BCUT2D eigenvalue weighted by molar-refractivity contribution is -0.144. The number of nitrogens with one attached hydrogen (secondary N) is 10. The summed E-state index contributed by atoms with van der Waals surface area (Å²) in [6, 6.07) is 13.1. The number of para-hydroxylation sites is 1. The van der Waals surface area contributed by atoms with E-state index >= 15 is 4.79 Å². The SMILES string of the molecule is CC[C@H](C)[C@H](NC(=O)[C@H](CCSC)NC(=O)[C@@H](N)CC(=O)O)C(=O)N[C@@H](Cc1ccccc1)C(=O)N[C@@H](CC(N)=O)C(=O)N[C@@H](Cc1c[nH]c2ccccc12)C(=O)N[C@@H](Cc1ccc(O)cc1)C(=O)N[C@@H](Cc1ccccc1)C(=O)N[C@@H](CC(=O)O)C(=O)N[C@H](C(=O)O)C(C)C. The van der Waals surface area contributed by atoms with E-state index in [1.165, 1.54) is 49.9 Å². The number of thioether (sulfide) groups is 1. The molecule has 0 saturated heterocycles. The lowest BCUT2D eigenvalue weighted by Crippen LogP contribution is -2.62. The number of aliphatic carboxylic acids is 3. The van der Waals surface area contributed by atoms with Crippen LogP contribution in [-0.4, -0.2) is 175 Å². The summed E-state index contributed by atoms with van der Waals surface area (Å²) in [6.07, 6.45) is -0.128. The topological polar surface area (TPSA) is 479 Å². The molecule has 10 amide bonds. The monoisotopic (exact) mass is 1350 g/mol. The van der Waals surface area contributed by atoms with Crippen LogP contribution in [0.5, 0.6) is 5.75 Å². The number of carboxylic acid groups (broad SMARTS) is 3. The molecule has 0 aliphatic carbocycles. The van der Waals surface area contributed by atoms with Crippen LogP contribution >= 0.6 is 11.8 Å². The third kappa shape index (κ3) is 24.2. The first-order chi connectivity index (χ1) is 45.6. The molecule has 5 aromatic rings. The van der Waals surface area contributed by atoms with Gasteiger partial charge in [-0.1, -0.05) is 125 Å². The molecule has 5 rings (SSSR count). The predicted octanol–water partition coefficient (Wildman–Crippen LogP) is 0.199. The number of phenols is 1. The Morgan fingerprint density at radius 1 is 0.469 bits per heavy atom. The van der Waals surface area contributed by atoms with E-state index in [1.807, 2.05) is 0 Å². The molecule has 0 fully saturated rings. The summed E-state index contributed by atoms with van der Waals surface area (Å²) in [7, 11) is 0. The van der Waals surface area contributed by atoms with E-state index in [1.54, 1.807) is 111 Å². The average Bonchev–Trinajstić information content (AvgIpc) is 1.72. The number of aromatic hydroxyl groups is 1. The van der Waals surface area contributed by atoms with Crippen molar-refractivity contribution in [2.45, 2.75) is 146 Å². The van der Waals surface area contributed by atoms with Gasteiger partial charge in [-0.05, 0) is 70.7 Å². The number of phenolic OH excluding ortho intramolecular Hbond substituents is 1. The quantitative estimate of drug-likeness (QED) is 0.0250. The molecule has 516 valence electrons. The Hall–Kier alpha value is -10.4. The molecule has 29 nitrogen and oxygen atoms in total.